The van der Waals surface area contributed by atoms with Gasteiger partial charge in [-0.15, -0.1) is 0 Å². The van der Waals surface area contributed by atoms with Crippen LogP contribution < -0.4 is 0 Å². The molecule has 1 aromatic carbocycles. The normalized spacial score (nSPS) is 12.8. The minimum atomic E-state index is 0.0991. The number of Topliss-reactive ketones (excluding diaryl/α,β-unsaturated/α-hetero) is 1. The molecule has 0 aliphatic carbocycles. The van der Waals surface area contributed by atoms with Gasteiger partial charge in [0.25, 0.3) is 0 Å². The van der Waals surface area contributed by atoms with Gasteiger partial charge in [-0.3, -0.25) is 4.79 Å². The van der Waals surface area contributed by atoms with E-state index in [1.54, 1.807) is 12.1 Å². The lowest BCUT2D eigenvalue weighted by atomic mass is 9.88. The van der Waals surface area contributed by atoms with Crippen molar-refractivity contribution in [1.29, 1.82) is 0 Å². The Bertz CT molecular complexity index is 338. The predicted octanol–water partition coefficient (Wildman–Crippen LogP) is 3.19. The fourth-order valence-corrected chi connectivity index (χ4v) is 1.83. The van der Waals surface area contributed by atoms with Crippen LogP contribution in [0.1, 0.15) is 32.8 Å². The summed E-state index contributed by atoms with van der Waals surface area (Å²) in [5.41, 5.74) is 1.11. The van der Waals surface area contributed by atoms with Crippen LogP contribution in [0.4, 0.5) is 0 Å². The molecule has 0 fully saturated rings. The molecule has 88 valence electrons. The minimum absolute atomic E-state index is 0.0991. The van der Waals surface area contributed by atoms with E-state index < -0.39 is 0 Å². The third-order valence-electron chi connectivity index (χ3n) is 2.88. The molecule has 0 aromatic heterocycles. The first-order chi connectivity index (χ1) is 7.54. The minimum Gasteiger partial charge on any atom is -0.508 e. The summed E-state index contributed by atoms with van der Waals surface area (Å²) in [5.74, 6) is 0.800. The van der Waals surface area contributed by atoms with Crippen LogP contribution in [0.2, 0.25) is 0 Å². The van der Waals surface area contributed by atoms with E-state index in [-0.39, 0.29) is 17.6 Å². The first-order valence-electron chi connectivity index (χ1n) is 5.86. The van der Waals surface area contributed by atoms with Gasteiger partial charge in [-0.05, 0) is 30.5 Å². The molecule has 0 bridgehead atoms. The molecule has 0 saturated carbocycles. The lowest BCUT2D eigenvalue weighted by molar-refractivity contribution is -0.125. The highest BCUT2D eigenvalue weighted by Gasteiger charge is 2.19. The Morgan fingerprint density at radius 1 is 1.25 bits per heavy atom. The number of phenolic OH excluding ortho intramolecular Hbond substituents is 1. The Balaban J connectivity index is 2.70. The fraction of sp³-hybridized carbons (Fsp3) is 0.500. The number of ketones is 1. The molecular formula is C14H20O2. The number of phenols is 1. The van der Waals surface area contributed by atoms with Crippen LogP contribution in [0.5, 0.6) is 5.75 Å². The van der Waals surface area contributed by atoms with Gasteiger partial charge in [0.1, 0.15) is 11.5 Å². The summed E-state index contributed by atoms with van der Waals surface area (Å²) in [4.78, 5) is 11.9. The standard InChI is InChI=1S/C14H20O2/c1-4-12(14(16)10(2)3)9-11-5-7-13(15)8-6-11/h5-8,10,12,15H,4,9H2,1-3H3. The van der Waals surface area contributed by atoms with E-state index in [9.17, 15) is 9.90 Å². The van der Waals surface area contributed by atoms with Gasteiger partial charge in [0.2, 0.25) is 0 Å². The Labute approximate surface area is 97.3 Å². The summed E-state index contributed by atoms with van der Waals surface area (Å²) in [6.07, 6.45) is 1.64. The second kappa shape index (κ2) is 5.69. The summed E-state index contributed by atoms with van der Waals surface area (Å²) in [7, 11) is 0. The van der Waals surface area contributed by atoms with Crippen LogP contribution >= 0.6 is 0 Å². The lowest BCUT2D eigenvalue weighted by Gasteiger charge is -2.16. The molecule has 0 saturated heterocycles. The largest absolute Gasteiger partial charge is 0.508 e. The van der Waals surface area contributed by atoms with Crippen LogP contribution in [0.3, 0.4) is 0 Å². The molecule has 0 spiro atoms. The average Bonchev–Trinajstić information content (AvgIpc) is 2.27. The molecule has 1 aromatic rings. The van der Waals surface area contributed by atoms with Crippen LogP contribution in [-0.4, -0.2) is 10.9 Å². The van der Waals surface area contributed by atoms with Crippen molar-refractivity contribution < 1.29 is 9.90 Å². The zero-order chi connectivity index (χ0) is 12.1. The van der Waals surface area contributed by atoms with Crippen LogP contribution in [-0.2, 0) is 11.2 Å². The van der Waals surface area contributed by atoms with Gasteiger partial charge in [-0.25, -0.2) is 0 Å². The Hall–Kier alpha value is -1.31. The monoisotopic (exact) mass is 220 g/mol. The van der Waals surface area contributed by atoms with Crippen molar-refractivity contribution in [3.63, 3.8) is 0 Å². The molecule has 0 heterocycles. The van der Waals surface area contributed by atoms with Crippen LogP contribution in [0, 0.1) is 11.8 Å². The van der Waals surface area contributed by atoms with Crippen molar-refractivity contribution in [2.75, 3.05) is 0 Å². The van der Waals surface area contributed by atoms with Crippen molar-refractivity contribution in [2.45, 2.75) is 33.6 Å². The molecule has 1 N–H and O–H groups in total. The second-order valence-electron chi connectivity index (χ2n) is 4.53. The van der Waals surface area contributed by atoms with E-state index in [1.807, 2.05) is 32.9 Å². The smallest absolute Gasteiger partial charge is 0.138 e. The van der Waals surface area contributed by atoms with Gasteiger partial charge in [-0.2, -0.15) is 0 Å². The van der Waals surface area contributed by atoms with Crippen molar-refractivity contribution in [3.8, 4) is 5.75 Å². The SMILES string of the molecule is CCC(Cc1ccc(O)cc1)C(=O)C(C)C. The Morgan fingerprint density at radius 2 is 1.81 bits per heavy atom. The summed E-state index contributed by atoms with van der Waals surface area (Å²) < 4.78 is 0. The molecule has 1 unspecified atom stereocenters. The first-order valence-corrected chi connectivity index (χ1v) is 5.86. The highest BCUT2D eigenvalue weighted by atomic mass is 16.3. The molecule has 1 atom stereocenters. The summed E-state index contributed by atoms with van der Waals surface area (Å²) >= 11 is 0. The average molecular weight is 220 g/mol. The van der Waals surface area contributed by atoms with Gasteiger partial charge in [0.05, 0.1) is 0 Å². The van der Waals surface area contributed by atoms with Gasteiger partial charge < -0.3 is 5.11 Å². The third kappa shape index (κ3) is 3.37. The van der Waals surface area contributed by atoms with Gasteiger partial charge in [-0.1, -0.05) is 32.9 Å². The van der Waals surface area contributed by atoms with Crippen molar-refractivity contribution in [2.24, 2.45) is 11.8 Å². The van der Waals surface area contributed by atoms with Crippen LogP contribution in [0.25, 0.3) is 0 Å². The molecule has 2 nitrogen and oxygen atoms in total. The maximum Gasteiger partial charge on any atom is 0.138 e. The van der Waals surface area contributed by atoms with E-state index in [1.165, 1.54) is 0 Å². The summed E-state index contributed by atoms with van der Waals surface area (Å²) in [6, 6.07) is 7.10. The number of carbonyl (C=O) groups excluding carboxylic acids is 1. The number of carbonyl (C=O) groups is 1. The maximum absolute atomic E-state index is 11.9. The zero-order valence-electron chi connectivity index (χ0n) is 10.2. The molecule has 0 amide bonds. The molecule has 2 heteroatoms. The van der Waals surface area contributed by atoms with E-state index in [0.29, 0.717) is 5.78 Å². The lowest BCUT2D eigenvalue weighted by Crippen LogP contribution is -2.21. The number of benzene rings is 1. The Kier molecular flexibility index (Phi) is 4.53. The highest BCUT2D eigenvalue weighted by molar-refractivity contribution is 5.83. The quantitative estimate of drug-likeness (QED) is 0.827. The van der Waals surface area contributed by atoms with E-state index in [2.05, 4.69) is 0 Å². The second-order valence-corrected chi connectivity index (χ2v) is 4.53. The van der Waals surface area contributed by atoms with E-state index >= 15 is 0 Å². The highest BCUT2D eigenvalue weighted by Crippen LogP contribution is 2.18. The molecular weight excluding hydrogens is 200 g/mol. The van der Waals surface area contributed by atoms with Gasteiger partial charge >= 0.3 is 0 Å². The topological polar surface area (TPSA) is 37.3 Å². The maximum atomic E-state index is 11.9. The molecule has 0 radical (unpaired) electrons. The van der Waals surface area contributed by atoms with E-state index in [0.717, 1.165) is 18.4 Å². The molecule has 0 aliphatic rings. The van der Waals surface area contributed by atoms with Crippen LogP contribution in [0.15, 0.2) is 24.3 Å². The molecule has 16 heavy (non-hydrogen) atoms. The summed E-state index contributed by atoms with van der Waals surface area (Å²) in [5, 5.41) is 9.18. The van der Waals surface area contributed by atoms with Crippen molar-refractivity contribution in [3.05, 3.63) is 29.8 Å². The zero-order valence-corrected chi connectivity index (χ0v) is 10.2. The molecule has 1 rings (SSSR count). The Morgan fingerprint density at radius 3 is 2.25 bits per heavy atom. The summed E-state index contributed by atoms with van der Waals surface area (Å²) in [6.45, 7) is 5.94. The predicted molar refractivity (Wildman–Crippen MR) is 65.4 cm³/mol. The fourth-order valence-electron chi connectivity index (χ4n) is 1.83. The molecule has 0 aliphatic heterocycles. The van der Waals surface area contributed by atoms with Gasteiger partial charge in [0, 0.05) is 11.8 Å². The number of hydrogen-bond acceptors (Lipinski definition) is 2. The third-order valence-corrected chi connectivity index (χ3v) is 2.88. The number of hydrogen-bond donors (Lipinski definition) is 1. The van der Waals surface area contributed by atoms with Gasteiger partial charge in [0.15, 0.2) is 0 Å². The van der Waals surface area contributed by atoms with Crippen molar-refractivity contribution in [1.82, 2.24) is 0 Å². The number of aromatic hydroxyl groups is 1. The van der Waals surface area contributed by atoms with E-state index in [4.69, 9.17) is 0 Å². The first kappa shape index (κ1) is 12.8. The van der Waals surface area contributed by atoms with Crippen molar-refractivity contribution >= 4 is 5.78 Å². The number of rotatable bonds is 5.